The summed E-state index contributed by atoms with van der Waals surface area (Å²) in [6, 6.07) is 9.12. The van der Waals surface area contributed by atoms with Crippen LogP contribution in [0, 0.1) is 6.92 Å². The van der Waals surface area contributed by atoms with Gasteiger partial charge in [-0.1, -0.05) is 43.7 Å². The number of nitrogens with zero attached hydrogens (tertiary/aromatic N) is 1. The average molecular weight is 251 g/mol. The molecule has 0 amide bonds. The number of hydrogen-bond acceptors (Lipinski definition) is 1. The van der Waals surface area contributed by atoms with Crippen molar-refractivity contribution in [1.29, 1.82) is 0 Å². The summed E-state index contributed by atoms with van der Waals surface area (Å²) in [5, 5.41) is 0. The number of aryl methyl sites for hydroxylation is 1. The predicted octanol–water partition coefficient (Wildman–Crippen LogP) is 3.58. The van der Waals surface area contributed by atoms with Crippen molar-refractivity contribution in [3.63, 3.8) is 0 Å². The lowest BCUT2D eigenvalue weighted by Gasteiger charge is -2.39. The maximum Gasteiger partial charge on any atom is 0.0878 e. The Balaban J connectivity index is 0.00000289. The van der Waals surface area contributed by atoms with Gasteiger partial charge in [0, 0.05) is 5.41 Å². The van der Waals surface area contributed by atoms with Gasteiger partial charge in [-0.25, -0.2) is 0 Å². The van der Waals surface area contributed by atoms with Crippen LogP contribution in [0.5, 0.6) is 0 Å². The fourth-order valence-electron chi connectivity index (χ4n) is 2.79. The molecule has 0 aliphatic carbocycles. The summed E-state index contributed by atoms with van der Waals surface area (Å²) in [5.74, 6) is 0. The molecular formula is C16H29NO. The van der Waals surface area contributed by atoms with Crippen LogP contribution in [0.4, 0.5) is 0 Å². The lowest BCUT2D eigenvalue weighted by atomic mass is 9.75. The van der Waals surface area contributed by atoms with Gasteiger partial charge in [0.25, 0.3) is 0 Å². The molecule has 0 atom stereocenters. The first-order chi connectivity index (χ1) is 7.83. The summed E-state index contributed by atoms with van der Waals surface area (Å²) in [7, 11) is 6.86. The lowest BCUT2D eigenvalue weighted by molar-refractivity contribution is -0.875. The third-order valence-corrected chi connectivity index (χ3v) is 3.79. The van der Waals surface area contributed by atoms with Gasteiger partial charge in [-0.15, -0.1) is 0 Å². The Labute approximate surface area is 113 Å². The monoisotopic (exact) mass is 251 g/mol. The second-order valence-corrected chi connectivity index (χ2v) is 6.30. The smallest absolute Gasteiger partial charge is 0.0878 e. The van der Waals surface area contributed by atoms with Gasteiger partial charge in [0.2, 0.25) is 0 Å². The molecule has 0 bridgehead atoms. The first-order valence-corrected chi connectivity index (χ1v) is 6.70. The van der Waals surface area contributed by atoms with Gasteiger partial charge in [-0.3, -0.25) is 0 Å². The van der Waals surface area contributed by atoms with Crippen molar-refractivity contribution in [2.75, 3.05) is 27.7 Å². The van der Waals surface area contributed by atoms with Gasteiger partial charge in [0.1, 0.15) is 0 Å². The van der Waals surface area contributed by atoms with E-state index in [0.29, 0.717) is 5.41 Å². The predicted molar refractivity (Wildman–Crippen MR) is 78.3 cm³/mol. The minimum absolute atomic E-state index is 0. The van der Waals surface area contributed by atoms with Crippen LogP contribution in [-0.4, -0.2) is 37.6 Å². The molecule has 0 saturated heterocycles. The van der Waals surface area contributed by atoms with Crippen molar-refractivity contribution >= 4 is 0 Å². The van der Waals surface area contributed by atoms with Crippen LogP contribution in [0.1, 0.15) is 37.8 Å². The highest BCUT2D eigenvalue weighted by Gasteiger charge is 2.34. The quantitative estimate of drug-likeness (QED) is 0.736. The molecule has 0 fully saturated rings. The van der Waals surface area contributed by atoms with Gasteiger partial charge in [-0.2, -0.15) is 0 Å². The Morgan fingerprint density at radius 2 is 1.39 bits per heavy atom. The summed E-state index contributed by atoms with van der Waals surface area (Å²) in [4.78, 5) is 0. The molecule has 0 aliphatic heterocycles. The SMILES string of the molecule is CCC(CC)(C[N+](C)(C)C)c1ccc(C)cc1.[OH-]. The van der Waals surface area contributed by atoms with E-state index in [2.05, 4.69) is 66.2 Å². The maximum absolute atomic E-state index is 2.32. The summed E-state index contributed by atoms with van der Waals surface area (Å²) in [6.45, 7) is 7.99. The van der Waals surface area contributed by atoms with Crippen molar-refractivity contribution in [3.05, 3.63) is 35.4 Å². The van der Waals surface area contributed by atoms with Crippen molar-refractivity contribution in [2.24, 2.45) is 0 Å². The highest BCUT2D eigenvalue weighted by Crippen LogP contribution is 2.33. The highest BCUT2D eigenvalue weighted by atomic mass is 16.0. The summed E-state index contributed by atoms with van der Waals surface area (Å²) >= 11 is 0. The Morgan fingerprint density at radius 1 is 0.944 bits per heavy atom. The van der Waals surface area contributed by atoms with E-state index in [4.69, 9.17) is 0 Å². The molecule has 0 saturated carbocycles. The van der Waals surface area contributed by atoms with E-state index in [1.807, 2.05) is 0 Å². The number of rotatable bonds is 5. The number of likely N-dealkylation sites (N-methyl/N-ethyl adjacent to an activating group) is 1. The fourth-order valence-corrected chi connectivity index (χ4v) is 2.79. The summed E-state index contributed by atoms with van der Waals surface area (Å²) in [6.07, 6.45) is 2.42. The largest absolute Gasteiger partial charge is 0.870 e. The Kier molecular flexibility index (Phi) is 6.05. The van der Waals surface area contributed by atoms with E-state index in [9.17, 15) is 0 Å². The fraction of sp³-hybridized carbons (Fsp3) is 0.625. The number of quaternary nitrogens is 1. The van der Waals surface area contributed by atoms with Gasteiger partial charge >= 0.3 is 0 Å². The Hall–Kier alpha value is -0.860. The number of hydrogen-bond donors (Lipinski definition) is 0. The third kappa shape index (κ3) is 4.11. The average Bonchev–Trinajstić information content (AvgIpc) is 2.26. The van der Waals surface area contributed by atoms with Gasteiger partial charge in [-0.05, 0) is 25.3 Å². The van der Waals surface area contributed by atoms with E-state index in [1.165, 1.54) is 30.5 Å². The topological polar surface area (TPSA) is 30.0 Å². The molecule has 18 heavy (non-hydrogen) atoms. The zero-order valence-electron chi connectivity index (χ0n) is 12.8. The van der Waals surface area contributed by atoms with Crippen LogP contribution >= 0.6 is 0 Å². The Bertz CT molecular complexity index is 344. The van der Waals surface area contributed by atoms with Crippen molar-refractivity contribution in [3.8, 4) is 0 Å². The summed E-state index contributed by atoms with van der Waals surface area (Å²) < 4.78 is 1.02. The minimum Gasteiger partial charge on any atom is -0.870 e. The van der Waals surface area contributed by atoms with E-state index in [0.717, 1.165) is 4.48 Å². The van der Waals surface area contributed by atoms with E-state index in [1.54, 1.807) is 0 Å². The second-order valence-electron chi connectivity index (χ2n) is 6.30. The van der Waals surface area contributed by atoms with Crippen molar-refractivity contribution < 1.29 is 9.96 Å². The zero-order chi connectivity index (χ0) is 13.1. The van der Waals surface area contributed by atoms with Gasteiger partial charge in [0.05, 0.1) is 27.7 Å². The van der Waals surface area contributed by atoms with Crippen LogP contribution < -0.4 is 0 Å². The molecule has 1 N–H and O–H groups in total. The summed E-state index contributed by atoms with van der Waals surface area (Å²) in [5.41, 5.74) is 3.17. The highest BCUT2D eigenvalue weighted by molar-refractivity contribution is 5.28. The number of benzene rings is 1. The first kappa shape index (κ1) is 17.1. The lowest BCUT2D eigenvalue weighted by Crippen LogP contribution is -2.47. The van der Waals surface area contributed by atoms with Gasteiger partial charge < -0.3 is 9.96 Å². The van der Waals surface area contributed by atoms with Crippen molar-refractivity contribution in [1.82, 2.24) is 0 Å². The van der Waals surface area contributed by atoms with E-state index < -0.39 is 0 Å². The van der Waals surface area contributed by atoms with Gasteiger partial charge in [0.15, 0.2) is 0 Å². The van der Waals surface area contributed by atoms with Crippen molar-refractivity contribution in [2.45, 2.75) is 39.0 Å². The maximum atomic E-state index is 2.32. The Morgan fingerprint density at radius 3 is 1.72 bits per heavy atom. The molecule has 0 radical (unpaired) electrons. The molecule has 0 heterocycles. The van der Waals surface area contributed by atoms with Crippen LogP contribution in [0.15, 0.2) is 24.3 Å². The van der Waals surface area contributed by atoms with E-state index >= 15 is 0 Å². The molecule has 104 valence electrons. The minimum atomic E-state index is 0. The van der Waals surface area contributed by atoms with Crippen LogP contribution in [-0.2, 0) is 5.41 Å². The molecule has 0 spiro atoms. The molecule has 1 aromatic carbocycles. The van der Waals surface area contributed by atoms with E-state index in [-0.39, 0.29) is 5.48 Å². The van der Waals surface area contributed by atoms with Crippen LogP contribution in [0.3, 0.4) is 0 Å². The molecule has 0 aromatic heterocycles. The molecule has 0 unspecified atom stereocenters. The molecule has 2 nitrogen and oxygen atoms in total. The zero-order valence-corrected chi connectivity index (χ0v) is 12.8. The van der Waals surface area contributed by atoms with Crippen LogP contribution in [0.25, 0.3) is 0 Å². The normalized spacial score (nSPS) is 12.1. The third-order valence-electron chi connectivity index (χ3n) is 3.79. The standard InChI is InChI=1S/C16H28N.H2O/c1-7-16(8-2,13-17(4,5)6)15-11-9-14(3)10-12-15;/h9-12H,7-8,13H2,1-6H3;1H2/q+1;/p-1. The molecule has 1 rings (SSSR count). The molecule has 2 heteroatoms. The molecule has 1 aromatic rings. The molecular weight excluding hydrogens is 222 g/mol. The second kappa shape index (κ2) is 6.35. The van der Waals surface area contributed by atoms with Crippen LogP contribution in [0.2, 0.25) is 0 Å². The molecule has 0 aliphatic rings. The first-order valence-electron chi connectivity index (χ1n) is 6.70.